The number of carbonyl (C=O) groups is 1. The predicted octanol–water partition coefficient (Wildman–Crippen LogP) is 6.70. The third-order valence-corrected chi connectivity index (χ3v) is 8.31. The van der Waals surface area contributed by atoms with Crippen molar-refractivity contribution in [3.63, 3.8) is 0 Å². The lowest BCUT2D eigenvalue weighted by Crippen LogP contribution is -2.48. The Labute approximate surface area is 207 Å². The topological polar surface area (TPSA) is 65.0 Å². The van der Waals surface area contributed by atoms with Crippen LogP contribution in [0.15, 0.2) is 48.1 Å². The second-order valence-electron chi connectivity index (χ2n) is 10.9. The molecule has 2 aromatic rings. The molecule has 5 heteroatoms. The molecule has 0 heterocycles. The molecule has 0 spiro atoms. The van der Waals surface area contributed by atoms with Crippen LogP contribution in [0.4, 0.5) is 0 Å². The average molecular weight is 477 g/mol. The van der Waals surface area contributed by atoms with Crippen molar-refractivity contribution in [1.82, 2.24) is 0 Å². The summed E-state index contributed by atoms with van der Waals surface area (Å²) in [5.41, 5.74) is 3.29. The van der Waals surface area contributed by atoms with Gasteiger partial charge < -0.3 is 19.3 Å². The molecule has 1 N–H and O–H groups in total. The first-order chi connectivity index (χ1) is 16.8. The van der Waals surface area contributed by atoms with E-state index in [0.29, 0.717) is 5.57 Å². The highest BCUT2D eigenvalue weighted by atomic mass is 16.7. The van der Waals surface area contributed by atoms with Crippen LogP contribution < -0.4 is 4.74 Å². The summed E-state index contributed by atoms with van der Waals surface area (Å²) in [7, 11) is 1.63. The van der Waals surface area contributed by atoms with Crippen molar-refractivity contribution in [1.29, 1.82) is 0 Å². The highest BCUT2D eigenvalue weighted by Crippen LogP contribution is 2.62. The number of hydrogen-bond acceptors (Lipinski definition) is 4. The molecule has 1 unspecified atom stereocenters. The van der Waals surface area contributed by atoms with Gasteiger partial charge >= 0.3 is 5.97 Å². The molecular formula is C30H36O5. The highest BCUT2D eigenvalue weighted by Gasteiger charge is 2.52. The average Bonchev–Trinajstić information content (AvgIpc) is 2.80. The Morgan fingerprint density at radius 3 is 2.40 bits per heavy atom. The first kappa shape index (κ1) is 24.1. The number of carboxylic acid groups (broad SMARTS) is 1. The van der Waals surface area contributed by atoms with Gasteiger partial charge in [0.05, 0.1) is 0 Å². The SMILES string of the molecule is COC(C)OCOc1cc2ccc(/C=C/C(C)=C/C(=O)O)cc2cc1C12CC3CC(CC(C3)C1)C2. The van der Waals surface area contributed by atoms with E-state index < -0.39 is 5.97 Å². The Morgan fingerprint density at radius 2 is 1.77 bits per heavy atom. The summed E-state index contributed by atoms with van der Waals surface area (Å²) in [4.78, 5) is 10.9. The minimum absolute atomic E-state index is 0.163. The van der Waals surface area contributed by atoms with Crippen molar-refractivity contribution < 1.29 is 24.1 Å². The molecule has 4 fully saturated rings. The smallest absolute Gasteiger partial charge is 0.328 e. The molecule has 186 valence electrons. The van der Waals surface area contributed by atoms with Crippen LogP contribution in [0.3, 0.4) is 0 Å². The van der Waals surface area contributed by atoms with Crippen molar-refractivity contribution in [2.75, 3.05) is 13.9 Å². The minimum atomic E-state index is -0.928. The van der Waals surface area contributed by atoms with Gasteiger partial charge in [-0.15, -0.1) is 0 Å². The van der Waals surface area contributed by atoms with Crippen LogP contribution in [-0.4, -0.2) is 31.3 Å². The van der Waals surface area contributed by atoms with E-state index >= 15 is 0 Å². The zero-order valence-corrected chi connectivity index (χ0v) is 21.0. The van der Waals surface area contributed by atoms with Gasteiger partial charge in [0.2, 0.25) is 0 Å². The summed E-state index contributed by atoms with van der Waals surface area (Å²) in [6, 6.07) is 10.9. The van der Waals surface area contributed by atoms with Gasteiger partial charge in [-0.3, -0.25) is 0 Å². The molecule has 35 heavy (non-hydrogen) atoms. The Kier molecular flexibility index (Phi) is 6.73. The zero-order valence-electron chi connectivity index (χ0n) is 21.0. The first-order valence-electron chi connectivity index (χ1n) is 12.8. The molecule has 4 bridgehead atoms. The maximum atomic E-state index is 10.9. The summed E-state index contributed by atoms with van der Waals surface area (Å²) in [5, 5.41) is 11.3. The molecule has 0 aromatic heterocycles. The molecular weight excluding hydrogens is 440 g/mol. The van der Waals surface area contributed by atoms with Gasteiger partial charge in [0, 0.05) is 18.7 Å². The number of fused-ring (bicyclic) bond motifs is 1. The van der Waals surface area contributed by atoms with Crippen LogP contribution in [0.25, 0.3) is 16.8 Å². The quantitative estimate of drug-likeness (QED) is 0.248. The maximum Gasteiger partial charge on any atom is 0.328 e. The molecule has 0 aliphatic heterocycles. The second-order valence-corrected chi connectivity index (χ2v) is 10.9. The molecule has 0 radical (unpaired) electrons. The fourth-order valence-corrected chi connectivity index (χ4v) is 7.11. The van der Waals surface area contributed by atoms with Gasteiger partial charge in [-0.2, -0.15) is 0 Å². The lowest BCUT2D eigenvalue weighted by Gasteiger charge is -2.57. The first-order valence-corrected chi connectivity index (χ1v) is 12.8. The van der Waals surface area contributed by atoms with Gasteiger partial charge in [-0.1, -0.05) is 24.3 Å². The fourth-order valence-electron chi connectivity index (χ4n) is 7.11. The van der Waals surface area contributed by atoms with Crippen molar-refractivity contribution in [2.24, 2.45) is 17.8 Å². The van der Waals surface area contributed by atoms with E-state index in [0.717, 1.165) is 34.5 Å². The number of benzene rings is 2. The Balaban J connectivity index is 1.51. The highest BCUT2D eigenvalue weighted by molar-refractivity contribution is 5.88. The summed E-state index contributed by atoms with van der Waals surface area (Å²) in [6.07, 6.45) is 12.7. The molecule has 4 aliphatic carbocycles. The third kappa shape index (κ3) is 5.17. The number of aliphatic carboxylic acids is 1. The predicted molar refractivity (Wildman–Crippen MR) is 137 cm³/mol. The number of ether oxygens (including phenoxy) is 3. The summed E-state index contributed by atoms with van der Waals surface area (Å²) in [5.74, 6) is 2.53. The van der Waals surface area contributed by atoms with Crippen LogP contribution in [0.5, 0.6) is 5.75 Å². The number of methoxy groups -OCH3 is 1. The van der Waals surface area contributed by atoms with Crippen molar-refractivity contribution in [3.05, 3.63) is 59.2 Å². The number of rotatable bonds is 9. The van der Waals surface area contributed by atoms with E-state index in [1.54, 1.807) is 14.0 Å². The lowest BCUT2D eigenvalue weighted by atomic mass is 9.48. The van der Waals surface area contributed by atoms with Crippen molar-refractivity contribution >= 4 is 22.8 Å². The van der Waals surface area contributed by atoms with Crippen molar-refractivity contribution in [2.45, 2.75) is 64.1 Å². The van der Waals surface area contributed by atoms with Crippen molar-refractivity contribution in [3.8, 4) is 5.75 Å². The number of hydrogen-bond donors (Lipinski definition) is 1. The van der Waals surface area contributed by atoms with Gasteiger partial charge in [-0.25, -0.2) is 4.79 Å². The van der Waals surface area contributed by atoms with E-state index in [4.69, 9.17) is 19.3 Å². The third-order valence-electron chi connectivity index (χ3n) is 8.31. The Bertz CT molecular complexity index is 1130. The van der Waals surface area contributed by atoms with Crippen LogP contribution in [0.1, 0.15) is 63.5 Å². The van der Waals surface area contributed by atoms with Crippen LogP contribution in [-0.2, 0) is 19.7 Å². The molecule has 2 aromatic carbocycles. The van der Waals surface area contributed by atoms with Crippen LogP contribution >= 0.6 is 0 Å². The van der Waals surface area contributed by atoms with Gasteiger partial charge in [0.25, 0.3) is 0 Å². The normalized spacial score (nSPS) is 28.7. The van der Waals surface area contributed by atoms with E-state index in [-0.39, 0.29) is 18.5 Å². The maximum absolute atomic E-state index is 10.9. The molecule has 0 saturated heterocycles. The molecule has 4 saturated carbocycles. The molecule has 6 rings (SSSR count). The number of allylic oxidation sites excluding steroid dienone is 2. The summed E-state index contributed by atoms with van der Waals surface area (Å²) < 4.78 is 17.2. The van der Waals surface area contributed by atoms with Gasteiger partial charge in [0.1, 0.15) is 5.75 Å². The molecule has 4 aliphatic rings. The second kappa shape index (κ2) is 9.79. The van der Waals surface area contributed by atoms with Gasteiger partial charge in [0.15, 0.2) is 13.1 Å². The fraction of sp³-hybridized carbons (Fsp3) is 0.500. The summed E-state index contributed by atoms with van der Waals surface area (Å²) in [6.45, 7) is 3.83. The van der Waals surface area contributed by atoms with E-state index in [2.05, 4.69) is 30.3 Å². The zero-order chi connectivity index (χ0) is 24.6. The minimum Gasteiger partial charge on any atom is -0.478 e. The molecule has 1 atom stereocenters. The van der Waals surface area contributed by atoms with E-state index in [1.807, 2.05) is 19.1 Å². The molecule has 0 amide bonds. The monoisotopic (exact) mass is 476 g/mol. The largest absolute Gasteiger partial charge is 0.478 e. The lowest BCUT2D eigenvalue weighted by molar-refractivity contribution is -0.150. The number of carboxylic acids is 1. The Morgan fingerprint density at radius 1 is 1.09 bits per heavy atom. The summed E-state index contributed by atoms with van der Waals surface area (Å²) >= 11 is 0. The van der Waals surface area contributed by atoms with E-state index in [1.165, 1.54) is 55.6 Å². The van der Waals surface area contributed by atoms with Gasteiger partial charge in [-0.05, 0) is 116 Å². The Hall–Kier alpha value is -2.63. The van der Waals surface area contributed by atoms with E-state index in [9.17, 15) is 4.79 Å². The standard InChI is InChI=1S/C30H36O5/c1-19(8-29(31)32)4-5-21-6-7-25-14-28(35-18-34-20(2)33-3)27(13-26(25)12-21)30-15-22-9-23(16-30)11-24(10-22)17-30/h4-8,12-14,20,22-24H,9-11,15-18H2,1-3H3,(H,31,32)/b5-4+,19-8+. The molecule has 5 nitrogen and oxygen atoms in total. The van der Waals surface area contributed by atoms with Crippen LogP contribution in [0.2, 0.25) is 0 Å². The van der Waals surface area contributed by atoms with Crippen LogP contribution in [0, 0.1) is 17.8 Å².